The molecule has 0 saturated carbocycles. The van der Waals surface area contributed by atoms with Crippen molar-refractivity contribution in [3.05, 3.63) is 11.6 Å². The second-order valence-corrected chi connectivity index (χ2v) is 5.72. The lowest BCUT2D eigenvalue weighted by molar-refractivity contribution is -0.136. The maximum absolute atomic E-state index is 12.1. The van der Waals surface area contributed by atoms with Crippen LogP contribution < -0.4 is 0 Å². The number of amides is 1. The lowest BCUT2D eigenvalue weighted by Gasteiger charge is -2.27. The third-order valence-corrected chi connectivity index (χ3v) is 2.88. The van der Waals surface area contributed by atoms with E-state index in [4.69, 9.17) is 4.74 Å². The van der Waals surface area contributed by atoms with Gasteiger partial charge in [0, 0.05) is 12.1 Å². The third-order valence-electron chi connectivity index (χ3n) is 2.88. The average Bonchev–Trinajstić information content (AvgIpc) is 2.73. The Hall–Kier alpha value is -1.52. The first-order valence-corrected chi connectivity index (χ1v) is 6.51. The Labute approximate surface area is 114 Å². The summed E-state index contributed by atoms with van der Waals surface area (Å²) in [5, 5.41) is 0. The molecule has 0 aromatic rings. The quantitative estimate of drug-likeness (QED) is 0.571. The van der Waals surface area contributed by atoms with E-state index in [0.717, 1.165) is 12.8 Å². The zero-order valence-electron chi connectivity index (χ0n) is 12.4. The van der Waals surface area contributed by atoms with Crippen LogP contribution >= 0.6 is 0 Å². The molecule has 1 fully saturated rings. The van der Waals surface area contributed by atoms with Crippen LogP contribution in [0.15, 0.2) is 11.6 Å². The maximum Gasteiger partial charge on any atom is 0.410 e. The van der Waals surface area contributed by atoms with E-state index in [2.05, 4.69) is 4.74 Å². The largest absolute Gasteiger partial charge is 0.466 e. The monoisotopic (exact) mass is 269 g/mol. The molecule has 0 bridgehead atoms. The Morgan fingerprint density at radius 3 is 2.47 bits per heavy atom. The molecule has 19 heavy (non-hydrogen) atoms. The molecular formula is C14H23NO4. The fourth-order valence-corrected chi connectivity index (χ4v) is 2.03. The summed E-state index contributed by atoms with van der Waals surface area (Å²) >= 11 is 0. The number of methoxy groups -OCH3 is 1. The van der Waals surface area contributed by atoms with Crippen LogP contribution in [0.25, 0.3) is 0 Å². The predicted octanol–water partition coefficient (Wildman–Crippen LogP) is 2.51. The minimum Gasteiger partial charge on any atom is -0.466 e. The van der Waals surface area contributed by atoms with Gasteiger partial charge in [-0.2, -0.15) is 0 Å². The summed E-state index contributed by atoms with van der Waals surface area (Å²) in [6.45, 7) is 7.87. The van der Waals surface area contributed by atoms with Crippen LogP contribution in [0.1, 0.15) is 40.5 Å². The molecule has 0 spiro atoms. The number of carbonyl (C=O) groups excluding carboxylic acids is 2. The van der Waals surface area contributed by atoms with Crippen LogP contribution in [-0.4, -0.2) is 42.3 Å². The summed E-state index contributed by atoms with van der Waals surface area (Å²) in [6.07, 6.45) is 3.20. The van der Waals surface area contributed by atoms with Gasteiger partial charge in [-0.1, -0.05) is 6.08 Å². The number of carbonyl (C=O) groups is 2. The predicted molar refractivity (Wildman–Crippen MR) is 71.7 cm³/mol. The van der Waals surface area contributed by atoms with E-state index in [-0.39, 0.29) is 18.1 Å². The first kappa shape index (κ1) is 15.5. The van der Waals surface area contributed by atoms with Gasteiger partial charge < -0.3 is 14.4 Å². The molecule has 1 heterocycles. The number of likely N-dealkylation sites (tertiary alicyclic amines) is 1. The fraction of sp³-hybridized carbons (Fsp3) is 0.714. The zero-order valence-corrected chi connectivity index (χ0v) is 12.4. The smallest absolute Gasteiger partial charge is 0.410 e. The standard InChI is InChI=1S/C14H23NO4/c1-10(12(16)18-5)9-11-7-6-8-15(11)13(17)19-14(2,3)4/h9,11H,6-8H2,1-5H3/t11-/m0/s1. The third kappa shape index (κ3) is 4.58. The highest BCUT2D eigenvalue weighted by molar-refractivity contribution is 5.87. The Kier molecular flexibility index (Phi) is 4.97. The minimum atomic E-state index is -0.509. The minimum absolute atomic E-state index is 0.0889. The van der Waals surface area contributed by atoms with Gasteiger partial charge in [-0.05, 0) is 40.5 Å². The molecule has 5 nitrogen and oxygen atoms in total. The van der Waals surface area contributed by atoms with Gasteiger partial charge in [0.15, 0.2) is 0 Å². The van der Waals surface area contributed by atoms with Gasteiger partial charge >= 0.3 is 12.1 Å². The molecule has 1 aliphatic heterocycles. The van der Waals surface area contributed by atoms with Crippen molar-refractivity contribution in [2.45, 2.75) is 52.2 Å². The molecule has 1 rings (SSSR count). The number of hydrogen-bond acceptors (Lipinski definition) is 4. The van der Waals surface area contributed by atoms with Crippen LogP contribution in [0.5, 0.6) is 0 Å². The van der Waals surface area contributed by atoms with Gasteiger partial charge in [-0.3, -0.25) is 0 Å². The Bertz CT molecular complexity index is 381. The summed E-state index contributed by atoms with van der Waals surface area (Å²) in [7, 11) is 1.35. The van der Waals surface area contributed by atoms with Crippen molar-refractivity contribution in [2.24, 2.45) is 0 Å². The number of hydrogen-bond donors (Lipinski definition) is 0. The Morgan fingerprint density at radius 1 is 1.32 bits per heavy atom. The normalized spacial score (nSPS) is 20.4. The summed E-state index contributed by atoms with van der Waals surface area (Å²) in [5.74, 6) is -0.365. The van der Waals surface area contributed by atoms with E-state index in [1.165, 1.54) is 7.11 Å². The topological polar surface area (TPSA) is 55.8 Å². The first-order valence-electron chi connectivity index (χ1n) is 6.51. The molecule has 1 saturated heterocycles. The van der Waals surface area contributed by atoms with Crippen molar-refractivity contribution < 1.29 is 19.1 Å². The molecule has 0 unspecified atom stereocenters. The molecule has 1 atom stereocenters. The Balaban J connectivity index is 2.74. The molecular weight excluding hydrogens is 246 g/mol. The van der Waals surface area contributed by atoms with E-state index >= 15 is 0 Å². The molecule has 1 aliphatic rings. The van der Waals surface area contributed by atoms with E-state index in [1.807, 2.05) is 20.8 Å². The molecule has 0 aromatic carbocycles. The van der Waals surface area contributed by atoms with Gasteiger partial charge in [0.25, 0.3) is 0 Å². The molecule has 108 valence electrons. The average molecular weight is 269 g/mol. The number of nitrogens with zero attached hydrogens (tertiary/aromatic N) is 1. The van der Waals surface area contributed by atoms with Crippen molar-refractivity contribution in [1.82, 2.24) is 4.90 Å². The van der Waals surface area contributed by atoms with Gasteiger partial charge in [-0.25, -0.2) is 9.59 Å². The van der Waals surface area contributed by atoms with E-state index in [1.54, 1.807) is 17.9 Å². The van der Waals surface area contributed by atoms with E-state index in [0.29, 0.717) is 12.1 Å². The van der Waals surface area contributed by atoms with Crippen molar-refractivity contribution in [3.63, 3.8) is 0 Å². The van der Waals surface area contributed by atoms with Crippen molar-refractivity contribution >= 4 is 12.1 Å². The van der Waals surface area contributed by atoms with Gasteiger partial charge in [0.05, 0.1) is 13.2 Å². The van der Waals surface area contributed by atoms with Crippen molar-refractivity contribution in [3.8, 4) is 0 Å². The van der Waals surface area contributed by atoms with Crippen LogP contribution in [0, 0.1) is 0 Å². The zero-order chi connectivity index (χ0) is 14.6. The summed E-state index contributed by atoms with van der Waals surface area (Å²) in [6, 6.07) is -0.0889. The molecule has 0 aromatic heterocycles. The van der Waals surface area contributed by atoms with Gasteiger partial charge in [0.1, 0.15) is 5.60 Å². The number of rotatable bonds is 2. The highest BCUT2D eigenvalue weighted by atomic mass is 16.6. The van der Waals surface area contributed by atoms with Crippen LogP contribution in [0.2, 0.25) is 0 Å². The van der Waals surface area contributed by atoms with Gasteiger partial charge in [0.2, 0.25) is 0 Å². The van der Waals surface area contributed by atoms with Crippen LogP contribution in [0.4, 0.5) is 4.79 Å². The lowest BCUT2D eigenvalue weighted by atomic mass is 10.1. The summed E-state index contributed by atoms with van der Waals surface area (Å²) in [4.78, 5) is 25.1. The molecule has 0 radical (unpaired) electrons. The second-order valence-electron chi connectivity index (χ2n) is 5.72. The van der Waals surface area contributed by atoms with E-state index in [9.17, 15) is 9.59 Å². The number of ether oxygens (including phenoxy) is 2. The van der Waals surface area contributed by atoms with Crippen molar-refractivity contribution in [1.29, 1.82) is 0 Å². The number of esters is 1. The SMILES string of the molecule is COC(=O)C(C)=C[C@@H]1CCCN1C(=O)OC(C)(C)C. The first-order chi connectivity index (χ1) is 8.74. The lowest BCUT2D eigenvalue weighted by Crippen LogP contribution is -2.39. The second kappa shape index (κ2) is 6.08. The van der Waals surface area contributed by atoms with E-state index < -0.39 is 5.60 Å². The summed E-state index contributed by atoms with van der Waals surface area (Å²) in [5.41, 5.74) is 0.00803. The molecule has 1 amide bonds. The maximum atomic E-state index is 12.1. The highest BCUT2D eigenvalue weighted by Crippen LogP contribution is 2.22. The van der Waals surface area contributed by atoms with Crippen LogP contribution in [-0.2, 0) is 14.3 Å². The molecule has 0 N–H and O–H groups in total. The summed E-state index contributed by atoms with van der Waals surface area (Å²) < 4.78 is 10.0. The molecule has 5 heteroatoms. The van der Waals surface area contributed by atoms with Crippen LogP contribution in [0.3, 0.4) is 0 Å². The highest BCUT2D eigenvalue weighted by Gasteiger charge is 2.31. The Morgan fingerprint density at radius 2 is 1.95 bits per heavy atom. The fourth-order valence-electron chi connectivity index (χ4n) is 2.03. The molecule has 0 aliphatic carbocycles. The van der Waals surface area contributed by atoms with Gasteiger partial charge in [-0.15, -0.1) is 0 Å². The van der Waals surface area contributed by atoms with Crippen molar-refractivity contribution in [2.75, 3.05) is 13.7 Å².